The van der Waals surface area contributed by atoms with Crippen molar-refractivity contribution in [2.24, 2.45) is 0 Å². The first-order valence-corrected chi connectivity index (χ1v) is 11.1. The van der Waals surface area contributed by atoms with E-state index in [2.05, 4.69) is 15.0 Å². The highest BCUT2D eigenvalue weighted by Gasteiger charge is 2.32. The van der Waals surface area contributed by atoms with Gasteiger partial charge in [-0.25, -0.2) is 9.67 Å². The fraction of sp³-hybridized carbons (Fsp3) is 0.591. The highest BCUT2D eigenvalue weighted by molar-refractivity contribution is 5.76. The molecule has 4 rings (SSSR count). The molecule has 30 heavy (non-hydrogen) atoms. The van der Waals surface area contributed by atoms with Crippen molar-refractivity contribution in [3.8, 4) is 11.4 Å². The summed E-state index contributed by atoms with van der Waals surface area (Å²) in [6.07, 6.45) is 13.3. The predicted octanol–water partition coefficient (Wildman–Crippen LogP) is 4.35. The standard InChI is InChI=1S/C22H29N5O3/c28-21(26(18-7-3-1-4-8-18)19-9-5-2-6-10-19)15-25-16-23-22(24-25)17-11-13-20(14-12-17)27(29)30/h11-14,16,18-19H,1-10,15H2. The number of nitrogens with zero attached hydrogens (tertiary/aromatic N) is 5. The Hall–Kier alpha value is -2.77. The van der Waals surface area contributed by atoms with Crippen molar-refractivity contribution < 1.29 is 9.72 Å². The van der Waals surface area contributed by atoms with Gasteiger partial charge in [-0.2, -0.15) is 5.10 Å². The van der Waals surface area contributed by atoms with Crippen LogP contribution in [0.25, 0.3) is 11.4 Å². The van der Waals surface area contributed by atoms with Crippen LogP contribution < -0.4 is 0 Å². The predicted molar refractivity (Wildman–Crippen MR) is 113 cm³/mol. The van der Waals surface area contributed by atoms with Gasteiger partial charge in [0.1, 0.15) is 12.9 Å². The van der Waals surface area contributed by atoms with Gasteiger partial charge in [-0.3, -0.25) is 14.9 Å². The number of amides is 1. The van der Waals surface area contributed by atoms with E-state index in [0.29, 0.717) is 23.5 Å². The van der Waals surface area contributed by atoms with Gasteiger partial charge in [0, 0.05) is 29.8 Å². The minimum absolute atomic E-state index is 0.0315. The van der Waals surface area contributed by atoms with Crippen LogP contribution in [0.1, 0.15) is 64.2 Å². The molecule has 2 aliphatic carbocycles. The Bertz CT molecular complexity index is 849. The normalized spacial score (nSPS) is 18.3. The lowest BCUT2D eigenvalue weighted by atomic mass is 9.88. The van der Waals surface area contributed by atoms with Crippen molar-refractivity contribution in [1.29, 1.82) is 0 Å². The maximum atomic E-state index is 13.3. The van der Waals surface area contributed by atoms with Crippen LogP contribution in [-0.2, 0) is 11.3 Å². The van der Waals surface area contributed by atoms with E-state index in [1.807, 2.05) is 0 Å². The maximum absolute atomic E-state index is 13.3. The molecule has 1 amide bonds. The zero-order valence-corrected chi connectivity index (χ0v) is 17.3. The third-order valence-electron chi connectivity index (χ3n) is 6.39. The summed E-state index contributed by atoms with van der Waals surface area (Å²) in [5.41, 5.74) is 0.729. The molecule has 2 aliphatic rings. The topological polar surface area (TPSA) is 94.2 Å². The van der Waals surface area contributed by atoms with E-state index in [-0.39, 0.29) is 18.1 Å². The van der Waals surface area contributed by atoms with Crippen LogP contribution in [0.15, 0.2) is 30.6 Å². The molecule has 0 aliphatic heterocycles. The van der Waals surface area contributed by atoms with Crippen LogP contribution in [0, 0.1) is 10.1 Å². The molecule has 0 spiro atoms. The van der Waals surface area contributed by atoms with E-state index in [1.165, 1.54) is 50.7 Å². The van der Waals surface area contributed by atoms with Crippen molar-refractivity contribution >= 4 is 11.6 Å². The number of hydrogen-bond donors (Lipinski definition) is 0. The lowest BCUT2D eigenvalue weighted by Crippen LogP contribution is -2.50. The summed E-state index contributed by atoms with van der Waals surface area (Å²) in [5.74, 6) is 0.605. The molecule has 0 radical (unpaired) electrons. The molecule has 8 nitrogen and oxygen atoms in total. The van der Waals surface area contributed by atoms with Gasteiger partial charge in [0.25, 0.3) is 5.69 Å². The second-order valence-corrected chi connectivity index (χ2v) is 8.45. The molecule has 2 fully saturated rings. The molecule has 1 aromatic heterocycles. The van der Waals surface area contributed by atoms with Gasteiger partial charge in [-0.05, 0) is 37.8 Å². The molecule has 2 saturated carbocycles. The molecule has 0 atom stereocenters. The summed E-state index contributed by atoms with van der Waals surface area (Å²) >= 11 is 0. The Morgan fingerprint density at radius 2 is 1.57 bits per heavy atom. The van der Waals surface area contributed by atoms with E-state index in [0.717, 1.165) is 25.7 Å². The third-order valence-corrected chi connectivity index (χ3v) is 6.39. The zero-order chi connectivity index (χ0) is 20.9. The monoisotopic (exact) mass is 411 g/mol. The Kier molecular flexibility index (Phi) is 6.40. The first kappa shape index (κ1) is 20.5. The van der Waals surface area contributed by atoms with Crippen LogP contribution in [0.3, 0.4) is 0 Å². The average Bonchev–Trinajstić information content (AvgIpc) is 3.24. The van der Waals surface area contributed by atoms with Crippen molar-refractivity contribution in [1.82, 2.24) is 19.7 Å². The summed E-state index contributed by atoms with van der Waals surface area (Å²) in [6, 6.07) is 6.86. The van der Waals surface area contributed by atoms with Crippen LogP contribution in [0.4, 0.5) is 5.69 Å². The molecule has 1 heterocycles. The number of carbonyl (C=O) groups is 1. The van der Waals surface area contributed by atoms with Crippen LogP contribution in [0.2, 0.25) is 0 Å². The molecule has 0 N–H and O–H groups in total. The fourth-order valence-electron chi connectivity index (χ4n) is 4.88. The number of non-ortho nitro benzene ring substituents is 1. The second kappa shape index (κ2) is 9.36. The molecule has 1 aromatic carbocycles. The van der Waals surface area contributed by atoms with Crippen molar-refractivity contribution in [3.63, 3.8) is 0 Å². The average molecular weight is 412 g/mol. The largest absolute Gasteiger partial charge is 0.335 e. The second-order valence-electron chi connectivity index (χ2n) is 8.45. The van der Waals surface area contributed by atoms with Gasteiger partial charge in [-0.1, -0.05) is 38.5 Å². The number of rotatable bonds is 6. The zero-order valence-electron chi connectivity index (χ0n) is 17.3. The van der Waals surface area contributed by atoms with E-state index >= 15 is 0 Å². The van der Waals surface area contributed by atoms with Crippen LogP contribution in [0.5, 0.6) is 0 Å². The SMILES string of the molecule is O=C(Cn1cnc(-c2ccc([N+](=O)[O-])cc2)n1)N(C1CCCCC1)C1CCCCC1. The molecule has 0 saturated heterocycles. The Morgan fingerprint density at radius 1 is 1.00 bits per heavy atom. The Labute approximate surface area is 176 Å². The molecular weight excluding hydrogens is 382 g/mol. The van der Waals surface area contributed by atoms with Crippen molar-refractivity contribution in [2.45, 2.75) is 82.8 Å². The smallest absolute Gasteiger partial charge is 0.269 e. The summed E-state index contributed by atoms with van der Waals surface area (Å²) in [4.78, 5) is 30.2. The molecule has 0 bridgehead atoms. The quantitative estimate of drug-likeness (QED) is 0.520. The molecule has 2 aromatic rings. The first-order chi connectivity index (χ1) is 14.6. The van der Waals surface area contributed by atoms with Gasteiger partial charge in [0.2, 0.25) is 5.91 Å². The molecule has 160 valence electrons. The van der Waals surface area contributed by atoms with Gasteiger partial charge >= 0.3 is 0 Å². The molecule has 0 unspecified atom stereocenters. The van der Waals surface area contributed by atoms with E-state index in [4.69, 9.17) is 0 Å². The maximum Gasteiger partial charge on any atom is 0.269 e. The highest BCUT2D eigenvalue weighted by atomic mass is 16.6. The van der Waals surface area contributed by atoms with E-state index in [9.17, 15) is 14.9 Å². The van der Waals surface area contributed by atoms with Crippen molar-refractivity contribution in [3.05, 3.63) is 40.7 Å². The summed E-state index contributed by atoms with van der Waals surface area (Å²) < 4.78 is 1.59. The van der Waals surface area contributed by atoms with Crippen LogP contribution in [-0.4, -0.2) is 42.6 Å². The number of nitro benzene ring substituents is 1. The lowest BCUT2D eigenvalue weighted by Gasteiger charge is -2.41. The number of hydrogen-bond acceptors (Lipinski definition) is 5. The summed E-state index contributed by atoms with van der Waals surface area (Å²) in [6.45, 7) is 0.187. The van der Waals surface area contributed by atoms with E-state index in [1.54, 1.807) is 23.1 Å². The minimum Gasteiger partial charge on any atom is -0.335 e. The molecular formula is C22H29N5O3. The number of aromatic nitrogens is 3. The van der Waals surface area contributed by atoms with Gasteiger partial charge < -0.3 is 4.90 Å². The lowest BCUT2D eigenvalue weighted by molar-refractivity contribution is -0.384. The molecule has 8 heteroatoms. The Balaban J connectivity index is 1.47. The minimum atomic E-state index is -0.431. The van der Waals surface area contributed by atoms with E-state index < -0.39 is 4.92 Å². The highest BCUT2D eigenvalue weighted by Crippen LogP contribution is 2.30. The number of benzene rings is 1. The van der Waals surface area contributed by atoms with Crippen LogP contribution >= 0.6 is 0 Å². The fourth-order valence-corrected chi connectivity index (χ4v) is 4.88. The van der Waals surface area contributed by atoms with Gasteiger partial charge in [0.05, 0.1) is 4.92 Å². The van der Waals surface area contributed by atoms with Crippen molar-refractivity contribution in [2.75, 3.05) is 0 Å². The number of carbonyl (C=O) groups excluding carboxylic acids is 1. The summed E-state index contributed by atoms with van der Waals surface area (Å²) in [7, 11) is 0. The third kappa shape index (κ3) is 4.68. The van der Waals surface area contributed by atoms with Gasteiger partial charge in [0.15, 0.2) is 5.82 Å². The van der Waals surface area contributed by atoms with Gasteiger partial charge in [-0.15, -0.1) is 0 Å². The Morgan fingerprint density at radius 3 is 2.10 bits per heavy atom. The summed E-state index contributed by atoms with van der Waals surface area (Å²) in [5, 5.41) is 15.3. The first-order valence-electron chi connectivity index (χ1n) is 11.1. The number of nitro groups is 1.